The van der Waals surface area contributed by atoms with Gasteiger partial charge >= 0.3 is 0 Å². The van der Waals surface area contributed by atoms with Crippen LogP contribution in [0, 0.1) is 0 Å². The summed E-state index contributed by atoms with van der Waals surface area (Å²) >= 11 is 0. The number of hydrogen-bond donors (Lipinski definition) is 1. The van der Waals surface area contributed by atoms with E-state index in [2.05, 4.69) is 6.07 Å². The van der Waals surface area contributed by atoms with Crippen molar-refractivity contribution in [3.05, 3.63) is 23.3 Å². The van der Waals surface area contributed by atoms with Crippen LogP contribution in [0.3, 0.4) is 0 Å². The molecule has 1 aliphatic rings. The molecular weight excluding hydrogens is 202 g/mol. The third kappa shape index (κ3) is 2.00. The van der Waals surface area contributed by atoms with E-state index in [1.54, 1.807) is 14.2 Å². The predicted octanol–water partition coefficient (Wildman–Crippen LogP) is 2.43. The SMILES string of the molecule is COc1cc2c(cc1OC)C(N)CCCC2. The maximum absolute atomic E-state index is 6.17. The second-order valence-electron chi connectivity index (χ2n) is 4.26. The van der Waals surface area contributed by atoms with Crippen LogP contribution in [0.5, 0.6) is 11.5 Å². The van der Waals surface area contributed by atoms with Gasteiger partial charge in [-0.2, -0.15) is 0 Å². The molecule has 0 radical (unpaired) electrons. The second-order valence-corrected chi connectivity index (χ2v) is 4.26. The molecule has 1 unspecified atom stereocenters. The Hall–Kier alpha value is -1.22. The van der Waals surface area contributed by atoms with Crippen molar-refractivity contribution >= 4 is 0 Å². The van der Waals surface area contributed by atoms with Crippen molar-refractivity contribution < 1.29 is 9.47 Å². The van der Waals surface area contributed by atoms with E-state index in [1.807, 2.05) is 6.07 Å². The molecular formula is C13H19NO2. The molecule has 2 rings (SSSR count). The first-order valence-electron chi connectivity index (χ1n) is 5.76. The summed E-state index contributed by atoms with van der Waals surface area (Å²) in [4.78, 5) is 0. The normalized spacial score (nSPS) is 19.8. The first-order chi connectivity index (χ1) is 7.76. The molecule has 0 aliphatic heterocycles. The van der Waals surface area contributed by atoms with Gasteiger partial charge in [0.05, 0.1) is 14.2 Å². The Bertz CT molecular complexity index is 376. The highest BCUT2D eigenvalue weighted by Gasteiger charge is 2.18. The molecule has 1 aromatic carbocycles. The summed E-state index contributed by atoms with van der Waals surface area (Å²) in [6, 6.07) is 4.24. The highest BCUT2D eigenvalue weighted by atomic mass is 16.5. The third-order valence-electron chi connectivity index (χ3n) is 3.26. The van der Waals surface area contributed by atoms with E-state index in [9.17, 15) is 0 Å². The molecule has 0 fully saturated rings. The summed E-state index contributed by atoms with van der Waals surface area (Å²) in [5.74, 6) is 1.58. The standard InChI is InChI=1S/C13H19NO2/c1-15-12-7-9-5-3-4-6-11(14)10(9)8-13(12)16-2/h7-8,11H,3-6,14H2,1-2H3. The van der Waals surface area contributed by atoms with E-state index < -0.39 is 0 Å². The van der Waals surface area contributed by atoms with E-state index >= 15 is 0 Å². The van der Waals surface area contributed by atoms with Gasteiger partial charge in [0.25, 0.3) is 0 Å². The Morgan fingerprint density at radius 1 is 1.12 bits per heavy atom. The number of benzene rings is 1. The van der Waals surface area contributed by atoms with Crippen LogP contribution >= 0.6 is 0 Å². The Morgan fingerprint density at radius 2 is 1.81 bits per heavy atom. The molecule has 1 aliphatic carbocycles. The topological polar surface area (TPSA) is 44.5 Å². The number of rotatable bonds is 2. The number of ether oxygens (including phenoxy) is 2. The summed E-state index contributed by atoms with van der Waals surface area (Å²) in [6.45, 7) is 0. The fourth-order valence-electron chi connectivity index (χ4n) is 2.33. The van der Waals surface area contributed by atoms with Crippen LogP contribution in [-0.2, 0) is 6.42 Å². The lowest BCUT2D eigenvalue weighted by molar-refractivity contribution is 0.354. The van der Waals surface area contributed by atoms with Gasteiger partial charge in [-0.1, -0.05) is 6.42 Å². The average molecular weight is 221 g/mol. The van der Waals surface area contributed by atoms with Crippen molar-refractivity contribution in [2.75, 3.05) is 14.2 Å². The predicted molar refractivity (Wildman–Crippen MR) is 64.0 cm³/mol. The van der Waals surface area contributed by atoms with Crippen LogP contribution in [0.15, 0.2) is 12.1 Å². The lowest BCUT2D eigenvalue weighted by atomic mass is 9.99. The molecule has 0 saturated heterocycles. The zero-order valence-corrected chi connectivity index (χ0v) is 9.95. The highest BCUT2D eigenvalue weighted by Crippen LogP contribution is 2.36. The van der Waals surface area contributed by atoms with Crippen molar-refractivity contribution in [3.63, 3.8) is 0 Å². The summed E-state index contributed by atoms with van der Waals surface area (Å²) < 4.78 is 10.6. The number of aryl methyl sites for hydroxylation is 1. The van der Waals surface area contributed by atoms with Crippen LogP contribution in [0.25, 0.3) is 0 Å². The maximum Gasteiger partial charge on any atom is 0.161 e. The minimum Gasteiger partial charge on any atom is -0.493 e. The van der Waals surface area contributed by atoms with Crippen LogP contribution in [-0.4, -0.2) is 14.2 Å². The van der Waals surface area contributed by atoms with Gasteiger partial charge in [-0.25, -0.2) is 0 Å². The zero-order chi connectivity index (χ0) is 11.5. The third-order valence-corrected chi connectivity index (χ3v) is 3.26. The van der Waals surface area contributed by atoms with Crippen molar-refractivity contribution in [3.8, 4) is 11.5 Å². The Morgan fingerprint density at radius 3 is 2.50 bits per heavy atom. The van der Waals surface area contributed by atoms with E-state index in [0.29, 0.717) is 0 Å². The zero-order valence-electron chi connectivity index (χ0n) is 9.95. The molecule has 3 heteroatoms. The lowest BCUT2D eigenvalue weighted by Crippen LogP contribution is -2.11. The van der Waals surface area contributed by atoms with Crippen LogP contribution in [0.1, 0.15) is 36.4 Å². The molecule has 1 aromatic rings. The molecule has 3 nitrogen and oxygen atoms in total. The van der Waals surface area contributed by atoms with Crippen molar-refractivity contribution in [2.24, 2.45) is 5.73 Å². The molecule has 0 saturated carbocycles. The molecule has 0 amide bonds. The van der Waals surface area contributed by atoms with Crippen molar-refractivity contribution in [1.29, 1.82) is 0 Å². The number of fused-ring (bicyclic) bond motifs is 1. The summed E-state index contributed by atoms with van der Waals surface area (Å²) in [5, 5.41) is 0. The molecule has 0 heterocycles. The van der Waals surface area contributed by atoms with Gasteiger partial charge in [-0.05, 0) is 42.5 Å². The molecule has 0 aromatic heterocycles. The Balaban J connectivity index is 2.47. The summed E-state index contributed by atoms with van der Waals surface area (Å²) in [5.41, 5.74) is 8.69. The first kappa shape index (κ1) is 11.3. The van der Waals surface area contributed by atoms with Gasteiger partial charge in [-0.3, -0.25) is 0 Å². The second kappa shape index (κ2) is 4.74. The smallest absolute Gasteiger partial charge is 0.161 e. The molecule has 1 atom stereocenters. The molecule has 88 valence electrons. The highest BCUT2D eigenvalue weighted by molar-refractivity contribution is 5.48. The van der Waals surface area contributed by atoms with E-state index in [-0.39, 0.29) is 6.04 Å². The minimum atomic E-state index is 0.136. The minimum absolute atomic E-state index is 0.136. The van der Waals surface area contributed by atoms with Gasteiger partial charge in [0.2, 0.25) is 0 Å². The molecule has 2 N–H and O–H groups in total. The Kier molecular flexibility index (Phi) is 3.34. The Labute approximate surface area is 96.5 Å². The number of methoxy groups -OCH3 is 2. The van der Waals surface area contributed by atoms with E-state index in [4.69, 9.17) is 15.2 Å². The van der Waals surface area contributed by atoms with Gasteiger partial charge in [0, 0.05) is 6.04 Å². The average Bonchev–Trinajstić information content (AvgIpc) is 2.49. The maximum atomic E-state index is 6.17. The quantitative estimate of drug-likeness (QED) is 0.780. The first-order valence-corrected chi connectivity index (χ1v) is 5.76. The van der Waals surface area contributed by atoms with E-state index in [0.717, 1.165) is 24.3 Å². The fraction of sp³-hybridized carbons (Fsp3) is 0.538. The van der Waals surface area contributed by atoms with Gasteiger partial charge < -0.3 is 15.2 Å². The van der Waals surface area contributed by atoms with Crippen LogP contribution in [0.4, 0.5) is 0 Å². The molecule has 0 spiro atoms. The van der Waals surface area contributed by atoms with Gasteiger partial charge in [-0.15, -0.1) is 0 Å². The van der Waals surface area contributed by atoms with Crippen molar-refractivity contribution in [2.45, 2.75) is 31.7 Å². The number of nitrogens with two attached hydrogens (primary N) is 1. The van der Waals surface area contributed by atoms with Crippen LogP contribution in [0.2, 0.25) is 0 Å². The monoisotopic (exact) mass is 221 g/mol. The van der Waals surface area contributed by atoms with Crippen LogP contribution < -0.4 is 15.2 Å². The molecule has 0 bridgehead atoms. The van der Waals surface area contributed by atoms with Gasteiger partial charge in [0.1, 0.15) is 0 Å². The van der Waals surface area contributed by atoms with Gasteiger partial charge in [0.15, 0.2) is 11.5 Å². The van der Waals surface area contributed by atoms with E-state index in [1.165, 1.54) is 24.0 Å². The summed E-state index contributed by atoms with van der Waals surface area (Å²) in [6.07, 6.45) is 4.54. The number of hydrogen-bond acceptors (Lipinski definition) is 3. The largest absolute Gasteiger partial charge is 0.493 e. The lowest BCUT2D eigenvalue weighted by Gasteiger charge is -2.16. The molecule has 16 heavy (non-hydrogen) atoms. The fourth-order valence-corrected chi connectivity index (χ4v) is 2.33. The summed E-state index contributed by atoms with van der Waals surface area (Å²) in [7, 11) is 3.33. The van der Waals surface area contributed by atoms with Crippen molar-refractivity contribution in [1.82, 2.24) is 0 Å².